The lowest BCUT2D eigenvalue weighted by atomic mass is 10.1. The molecule has 0 saturated heterocycles. The second kappa shape index (κ2) is 81.2. The number of aliphatic hydroxyl groups is 1. The third kappa shape index (κ3) is 80.2. The maximum absolute atomic E-state index is 13.1. The molecule has 0 radical (unpaired) electrons. The van der Waals surface area contributed by atoms with Crippen molar-refractivity contribution in [1.29, 1.82) is 0 Å². The van der Waals surface area contributed by atoms with Gasteiger partial charge in [-0.3, -0.25) is 37.3 Å². The van der Waals surface area contributed by atoms with Crippen LogP contribution in [0.4, 0.5) is 0 Å². The normalized spacial score (nSPS) is 14.7. The Hall–Kier alpha value is -5.84. The maximum atomic E-state index is 13.1. The SMILES string of the molecule is CC/C=C\C/C=C\C/C=C\C/C=C\CCCCCCCCC(=O)OCC(COP(=O)(O)OCC(O)COP(=O)(O)OCC(COC(=O)CCCCCCCC/C=C\C/C=C\C/C=C\CCCCC)OC(=O)CCCCCC/C=C\C/C=C\C/C=C\C/C=C\CC)OC(=O)CCCC/C=C\C/C=C\C/C=C\C/C=C\CC. The molecule has 624 valence electrons. The summed E-state index contributed by atoms with van der Waals surface area (Å²) in [6, 6.07) is 0. The Morgan fingerprint density at radius 2 is 0.473 bits per heavy atom. The van der Waals surface area contributed by atoms with Crippen molar-refractivity contribution < 1.29 is 80.2 Å². The van der Waals surface area contributed by atoms with Gasteiger partial charge >= 0.3 is 39.5 Å². The lowest BCUT2D eigenvalue weighted by molar-refractivity contribution is -0.161. The summed E-state index contributed by atoms with van der Waals surface area (Å²) in [6.45, 7) is 4.40. The second-order valence-electron chi connectivity index (χ2n) is 27.3. The van der Waals surface area contributed by atoms with Crippen LogP contribution in [0.1, 0.15) is 310 Å². The summed E-state index contributed by atoms with van der Waals surface area (Å²) in [4.78, 5) is 73.2. The number of aliphatic hydroxyl groups excluding tert-OH is 1. The van der Waals surface area contributed by atoms with E-state index in [0.717, 1.165) is 205 Å². The van der Waals surface area contributed by atoms with Crippen LogP contribution in [-0.4, -0.2) is 96.7 Å². The highest BCUT2D eigenvalue weighted by molar-refractivity contribution is 7.47. The number of carbonyl (C=O) groups excluding carboxylic acids is 4. The highest BCUT2D eigenvalue weighted by atomic mass is 31.2. The van der Waals surface area contributed by atoms with Gasteiger partial charge in [0.1, 0.15) is 19.3 Å². The molecule has 0 bridgehead atoms. The highest BCUT2D eigenvalue weighted by Crippen LogP contribution is 2.45. The Kier molecular flexibility index (Phi) is 76.9. The zero-order valence-electron chi connectivity index (χ0n) is 68.4. The molecule has 19 heteroatoms. The molecule has 0 aliphatic heterocycles. The van der Waals surface area contributed by atoms with E-state index in [2.05, 4.69) is 210 Å². The highest BCUT2D eigenvalue weighted by Gasteiger charge is 2.30. The Bertz CT molecular complexity index is 2800. The Balaban J connectivity index is 5.47. The summed E-state index contributed by atoms with van der Waals surface area (Å²) in [5.74, 6) is -2.29. The van der Waals surface area contributed by atoms with E-state index in [1.54, 1.807) is 0 Å². The fraction of sp³-hybridized carbons (Fsp3) is 0.626. The monoisotopic (exact) mass is 1580 g/mol. The van der Waals surface area contributed by atoms with Crippen molar-refractivity contribution in [2.75, 3.05) is 39.6 Å². The average molecular weight is 1580 g/mol. The van der Waals surface area contributed by atoms with E-state index in [1.165, 1.54) is 19.3 Å². The first-order chi connectivity index (χ1) is 53.7. The minimum absolute atomic E-state index is 0.0319. The van der Waals surface area contributed by atoms with Crippen LogP contribution in [0.15, 0.2) is 182 Å². The van der Waals surface area contributed by atoms with E-state index in [9.17, 15) is 43.2 Å². The van der Waals surface area contributed by atoms with Crippen LogP contribution < -0.4 is 0 Å². The number of carbonyl (C=O) groups is 4. The molecule has 5 atom stereocenters. The van der Waals surface area contributed by atoms with Crippen LogP contribution in [0.25, 0.3) is 0 Å². The van der Waals surface area contributed by atoms with Gasteiger partial charge in [-0.2, -0.15) is 0 Å². The molecule has 0 amide bonds. The number of rotatable bonds is 77. The summed E-state index contributed by atoms with van der Waals surface area (Å²) in [5.41, 5.74) is 0. The number of unbranched alkanes of at least 4 members (excludes halogenated alkanes) is 21. The molecule has 0 rings (SSSR count). The minimum atomic E-state index is -5.01. The molecule has 0 saturated carbocycles. The Labute approximate surface area is 666 Å². The summed E-state index contributed by atoms with van der Waals surface area (Å²) in [7, 11) is -10.0. The number of hydrogen-bond donors (Lipinski definition) is 3. The zero-order valence-corrected chi connectivity index (χ0v) is 70.1. The van der Waals surface area contributed by atoms with Crippen LogP contribution in [-0.2, 0) is 65.4 Å². The topological polar surface area (TPSA) is 237 Å². The number of phosphoric ester groups is 2. The molecular weight excluding hydrogens is 1430 g/mol. The molecule has 0 fully saturated rings. The van der Waals surface area contributed by atoms with Crippen molar-refractivity contribution in [3.63, 3.8) is 0 Å². The van der Waals surface area contributed by atoms with E-state index < -0.39 is 97.5 Å². The third-order valence-electron chi connectivity index (χ3n) is 16.8. The molecule has 0 aliphatic carbocycles. The summed E-state index contributed by atoms with van der Waals surface area (Å²) < 4.78 is 68.7. The maximum Gasteiger partial charge on any atom is 0.472 e. The first-order valence-corrected chi connectivity index (χ1v) is 45.0. The molecule has 0 aromatic carbocycles. The van der Waals surface area contributed by atoms with Gasteiger partial charge in [0.25, 0.3) is 0 Å². The van der Waals surface area contributed by atoms with E-state index >= 15 is 0 Å². The molecule has 110 heavy (non-hydrogen) atoms. The average Bonchev–Trinajstić information content (AvgIpc) is 0.899. The van der Waals surface area contributed by atoms with Gasteiger partial charge in [-0.15, -0.1) is 0 Å². The second-order valence-corrected chi connectivity index (χ2v) is 30.2. The molecule has 0 heterocycles. The molecule has 3 N–H and O–H groups in total. The van der Waals surface area contributed by atoms with Crippen LogP contribution in [0.5, 0.6) is 0 Å². The van der Waals surface area contributed by atoms with Crippen molar-refractivity contribution in [1.82, 2.24) is 0 Å². The van der Waals surface area contributed by atoms with Gasteiger partial charge in [0.2, 0.25) is 0 Å². The lowest BCUT2D eigenvalue weighted by Gasteiger charge is -2.21. The summed E-state index contributed by atoms with van der Waals surface area (Å²) in [6.07, 6.45) is 98.6. The van der Waals surface area contributed by atoms with E-state index in [-0.39, 0.29) is 25.7 Å². The number of esters is 4. The Morgan fingerprint density at radius 3 is 0.745 bits per heavy atom. The smallest absolute Gasteiger partial charge is 0.462 e. The molecule has 0 aliphatic rings. The van der Waals surface area contributed by atoms with Gasteiger partial charge in [-0.05, 0) is 180 Å². The van der Waals surface area contributed by atoms with Gasteiger partial charge in [0.15, 0.2) is 12.2 Å². The van der Waals surface area contributed by atoms with Gasteiger partial charge in [0, 0.05) is 25.7 Å². The van der Waals surface area contributed by atoms with Crippen LogP contribution in [0.3, 0.4) is 0 Å². The van der Waals surface area contributed by atoms with Crippen molar-refractivity contribution in [3.05, 3.63) is 182 Å². The van der Waals surface area contributed by atoms with Crippen molar-refractivity contribution in [2.45, 2.75) is 329 Å². The van der Waals surface area contributed by atoms with E-state index in [0.29, 0.717) is 32.1 Å². The number of ether oxygens (including phenoxy) is 4. The fourth-order valence-corrected chi connectivity index (χ4v) is 12.1. The molecule has 0 spiro atoms. The van der Waals surface area contributed by atoms with Gasteiger partial charge in [-0.1, -0.05) is 287 Å². The Morgan fingerprint density at radius 1 is 0.264 bits per heavy atom. The minimum Gasteiger partial charge on any atom is -0.462 e. The van der Waals surface area contributed by atoms with Crippen molar-refractivity contribution >= 4 is 39.5 Å². The zero-order chi connectivity index (χ0) is 80.3. The number of hydrogen-bond acceptors (Lipinski definition) is 15. The van der Waals surface area contributed by atoms with E-state index in [1.807, 2.05) is 0 Å². The predicted octanol–water partition coefficient (Wildman–Crippen LogP) is 25.1. The van der Waals surface area contributed by atoms with Gasteiger partial charge in [-0.25, -0.2) is 9.13 Å². The quantitative estimate of drug-likeness (QED) is 0.0169. The molecular formula is C91H148O17P2. The fourth-order valence-electron chi connectivity index (χ4n) is 10.6. The summed E-state index contributed by atoms with van der Waals surface area (Å²) >= 11 is 0. The first-order valence-electron chi connectivity index (χ1n) is 42.0. The van der Waals surface area contributed by atoms with Crippen molar-refractivity contribution in [2.24, 2.45) is 0 Å². The molecule has 17 nitrogen and oxygen atoms in total. The molecule has 0 aromatic heterocycles. The number of allylic oxidation sites excluding steroid dienone is 30. The molecule has 5 unspecified atom stereocenters. The largest absolute Gasteiger partial charge is 0.472 e. The first kappa shape index (κ1) is 104. The van der Waals surface area contributed by atoms with Gasteiger partial charge in [0.05, 0.1) is 26.4 Å². The van der Waals surface area contributed by atoms with Crippen molar-refractivity contribution in [3.8, 4) is 0 Å². The predicted molar refractivity (Wildman–Crippen MR) is 454 cm³/mol. The lowest BCUT2D eigenvalue weighted by Crippen LogP contribution is -2.30. The van der Waals surface area contributed by atoms with Crippen LogP contribution in [0, 0.1) is 0 Å². The standard InChI is InChI=1S/C91H148O17P2/c1-5-9-13-17-21-25-29-33-37-40-42-45-48-51-55-59-63-67-71-75-88(93)101-81-86(107-90(95)77-73-69-65-61-57-53-47-36-32-28-24-20-16-12-8-4)83-105-109(97,98)103-79-85(92)80-104-110(99,100)106-84-87(108-91(96)78-74-70-66-62-58-54-50-44-39-35-31-27-23-19-15-11-7-3)82-102-89(94)76-72-68-64-60-56-52-49-46-43-41-38-34-30-26-22-18-14-10-6-2/h9,11-13,15-16,21-28,33-39,42-43,45-47,50,54,57,61,85-87,92H,5-8,10,14,17-20,29-32,40-41,44,48-49,51-53,55-56,58-60,62-84H2,1-4H3,(H,97,98)(H,99,100)/b13-9-,15-11-,16-12-,25-21-,26-22-,27-23-,28-24-,37-33-,38-34-,39-35-,45-42-,46-43-,47-36-,54-50-,61-57-. The van der Waals surface area contributed by atoms with Crippen LogP contribution >= 0.6 is 15.6 Å². The number of phosphoric acid groups is 2. The summed E-state index contributed by atoms with van der Waals surface area (Å²) in [5, 5.41) is 10.7. The van der Waals surface area contributed by atoms with Crippen LogP contribution in [0.2, 0.25) is 0 Å². The van der Waals surface area contributed by atoms with E-state index in [4.69, 9.17) is 37.0 Å². The third-order valence-corrected chi connectivity index (χ3v) is 18.7. The molecule has 0 aromatic rings. The van der Waals surface area contributed by atoms with Gasteiger partial charge < -0.3 is 33.8 Å².